The molecule has 2 atom stereocenters. The molecule has 0 aromatic rings. The van der Waals surface area contributed by atoms with Crippen LogP contribution >= 0.6 is 0 Å². The van der Waals surface area contributed by atoms with Gasteiger partial charge in [0.1, 0.15) is 0 Å². The lowest BCUT2D eigenvalue weighted by Gasteiger charge is -2.19. The molecule has 0 rings (SSSR count). The Morgan fingerprint density at radius 1 is 0.463 bits per heavy atom. The number of hydrogen-bond donors (Lipinski definition) is 3. The van der Waals surface area contributed by atoms with Gasteiger partial charge in [-0.1, -0.05) is 214 Å². The van der Waals surface area contributed by atoms with Crippen molar-refractivity contribution in [3.63, 3.8) is 0 Å². The summed E-state index contributed by atoms with van der Waals surface area (Å²) in [5.74, 6) is -0.133. The number of aliphatic hydroxyl groups excluding tert-OH is 2. The maximum Gasteiger partial charge on any atom is 0.220 e. The van der Waals surface area contributed by atoms with Gasteiger partial charge in [-0.25, -0.2) is 0 Å². The summed E-state index contributed by atoms with van der Waals surface area (Å²) >= 11 is 0. The second-order valence-electron chi connectivity index (χ2n) is 15.1. The summed E-state index contributed by atoms with van der Waals surface area (Å²) < 4.78 is 0. The second-order valence-corrected chi connectivity index (χ2v) is 15.1. The maximum atomic E-state index is 12.4. The number of amides is 1. The van der Waals surface area contributed by atoms with Gasteiger partial charge < -0.3 is 15.5 Å². The van der Waals surface area contributed by atoms with Gasteiger partial charge in [-0.05, 0) is 70.6 Å². The van der Waals surface area contributed by atoms with Crippen molar-refractivity contribution >= 4 is 5.91 Å². The minimum absolute atomic E-state index is 0.133. The van der Waals surface area contributed by atoms with Crippen LogP contribution in [0.2, 0.25) is 0 Å². The summed E-state index contributed by atoms with van der Waals surface area (Å²) in [6, 6.07) is -0.674. The molecule has 0 bridgehead atoms. The van der Waals surface area contributed by atoms with E-state index in [-0.39, 0.29) is 12.5 Å². The average molecular weight is 750 g/mol. The van der Waals surface area contributed by atoms with Crippen molar-refractivity contribution in [2.24, 2.45) is 0 Å². The van der Waals surface area contributed by atoms with Gasteiger partial charge in [-0.15, -0.1) is 0 Å². The molecule has 0 aromatic heterocycles. The van der Waals surface area contributed by atoms with Crippen LogP contribution in [0, 0.1) is 0 Å². The van der Waals surface area contributed by atoms with Crippen LogP contribution in [0.25, 0.3) is 0 Å². The standard InChI is InChI=1S/C50H87NO3/c1-3-5-7-9-11-13-15-17-19-21-22-23-24-25-26-27-28-30-31-33-35-37-39-41-43-45-49(53)48(47-52)51-50(54)46-44-42-40-38-36-34-32-29-20-18-16-14-12-10-8-6-4-2/h6,8,12,14,18,20,32,34-35,37-38,40,43,45,48-49,52-53H,3-5,7,9-11,13,15-17,19,21-31,33,36,39,41-42,44,46-47H2,1-2H3,(H,51,54)/b8-6-,14-12-,20-18-,34-32-,37-35+,40-38-,45-43+. The Kier molecular flexibility index (Phi) is 42.9. The van der Waals surface area contributed by atoms with Crippen molar-refractivity contribution in [3.8, 4) is 0 Å². The van der Waals surface area contributed by atoms with Crippen LogP contribution in [-0.2, 0) is 4.79 Å². The van der Waals surface area contributed by atoms with Crippen LogP contribution in [0.5, 0.6) is 0 Å². The van der Waals surface area contributed by atoms with Gasteiger partial charge in [0, 0.05) is 6.42 Å². The average Bonchev–Trinajstić information content (AvgIpc) is 3.18. The summed E-state index contributed by atoms with van der Waals surface area (Å²) in [6.07, 6.45) is 65.7. The highest BCUT2D eigenvalue weighted by Crippen LogP contribution is 2.15. The predicted molar refractivity (Wildman–Crippen MR) is 239 cm³/mol. The molecule has 0 aliphatic carbocycles. The van der Waals surface area contributed by atoms with Gasteiger partial charge in [0.25, 0.3) is 0 Å². The summed E-state index contributed by atoms with van der Waals surface area (Å²) in [7, 11) is 0. The highest BCUT2D eigenvalue weighted by molar-refractivity contribution is 5.76. The van der Waals surface area contributed by atoms with E-state index < -0.39 is 12.1 Å². The molecule has 54 heavy (non-hydrogen) atoms. The van der Waals surface area contributed by atoms with E-state index in [0.29, 0.717) is 6.42 Å². The van der Waals surface area contributed by atoms with Crippen LogP contribution in [0.15, 0.2) is 85.1 Å². The molecule has 0 aliphatic heterocycles. The fraction of sp³-hybridized carbons (Fsp3) is 0.700. The molecule has 310 valence electrons. The van der Waals surface area contributed by atoms with E-state index >= 15 is 0 Å². The third-order valence-corrected chi connectivity index (χ3v) is 9.86. The first kappa shape index (κ1) is 51.6. The molecule has 0 radical (unpaired) electrons. The van der Waals surface area contributed by atoms with Crippen LogP contribution in [-0.4, -0.2) is 34.9 Å². The van der Waals surface area contributed by atoms with Crippen molar-refractivity contribution in [1.82, 2.24) is 5.32 Å². The van der Waals surface area contributed by atoms with Gasteiger partial charge >= 0.3 is 0 Å². The number of unbranched alkanes of at least 4 members (excludes halogenated alkanes) is 21. The summed E-state index contributed by atoms with van der Waals surface area (Å²) in [5, 5.41) is 23.0. The lowest BCUT2D eigenvalue weighted by atomic mass is 10.0. The number of carbonyl (C=O) groups is 1. The minimum atomic E-state index is -0.890. The van der Waals surface area contributed by atoms with Gasteiger partial charge in [-0.2, -0.15) is 0 Å². The van der Waals surface area contributed by atoms with E-state index in [9.17, 15) is 15.0 Å². The molecule has 2 unspecified atom stereocenters. The van der Waals surface area contributed by atoms with Crippen LogP contribution < -0.4 is 5.32 Å². The molecule has 0 fully saturated rings. The minimum Gasteiger partial charge on any atom is -0.394 e. The van der Waals surface area contributed by atoms with E-state index in [1.54, 1.807) is 6.08 Å². The van der Waals surface area contributed by atoms with E-state index in [1.807, 2.05) is 6.08 Å². The summed E-state index contributed by atoms with van der Waals surface area (Å²) in [6.45, 7) is 4.16. The Bertz CT molecular complexity index is 988. The topological polar surface area (TPSA) is 69.6 Å². The second kappa shape index (κ2) is 45.0. The highest BCUT2D eigenvalue weighted by atomic mass is 16.3. The number of aliphatic hydroxyl groups is 2. The fourth-order valence-electron chi connectivity index (χ4n) is 6.41. The van der Waals surface area contributed by atoms with Crippen LogP contribution in [0.3, 0.4) is 0 Å². The van der Waals surface area contributed by atoms with Gasteiger partial charge in [0.05, 0.1) is 18.8 Å². The van der Waals surface area contributed by atoms with E-state index in [2.05, 4.69) is 92.1 Å². The Labute approximate surface area is 335 Å². The molecule has 4 heteroatoms. The zero-order valence-corrected chi connectivity index (χ0v) is 35.5. The third-order valence-electron chi connectivity index (χ3n) is 9.86. The first-order chi connectivity index (χ1) is 26.7. The lowest BCUT2D eigenvalue weighted by molar-refractivity contribution is -0.122. The summed E-state index contributed by atoms with van der Waals surface area (Å²) in [4.78, 5) is 12.4. The van der Waals surface area contributed by atoms with Crippen molar-refractivity contribution in [3.05, 3.63) is 85.1 Å². The van der Waals surface area contributed by atoms with Crippen molar-refractivity contribution in [2.75, 3.05) is 6.61 Å². The van der Waals surface area contributed by atoms with Gasteiger partial charge in [0.2, 0.25) is 5.91 Å². The molecule has 1 amide bonds. The SMILES string of the molecule is CC/C=C\C/C=C\C/C=C\C/C=C\C/C=C\CCCC(=O)NC(CO)C(O)/C=C/CC/C=C/CCCCCCCCCCCCCCCCCCCCC. The maximum absolute atomic E-state index is 12.4. The molecular weight excluding hydrogens is 663 g/mol. The molecule has 3 N–H and O–H groups in total. The number of carbonyl (C=O) groups excluding carboxylic acids is 1. The van der Waals surface area contributed by atoms with Crippen molar-refractivity contribution in [1.29, 1.82) is 0 Å². The quantitative estimate of drug-likeness (QED) is 0.0431. The smallest absolute Gasteiger partial charge is 0.220 e. The fourth-order valence-corrected chi connectivity index (χ4v) is 6.41. The lowest BCUT2D eigenvalue weighted by Crippen LogP contribution is -2.45. The Morgan fingerprint density at radius 3 is 1.30 bits per heavy atom. The molecule has 0 aromatic carbocycles. The normalized spacial score (nSPS) is 13.8. The molecule has 0 aliphatic rings. The van der Waals surface area contributed by atoms with Crippen LogP contribution in [0.4, 0.5) is 0 Å². The molecular formula is C50H87NO3. The number of rotatable bonds is 40. The Morgan fingerprint density at radius 2 is 0.833 bits per heavy atom. The molecule has 0 heterocycles. The van der Waals surface area contributed by atoms with Crippen molar-refractivity contribution in [2.45, 2.75) is 219 Å². The molecule has 0 saturated heterocycles. The third kappa shape index (κ3) is 40.7. The van der Waals surface area contributed by atoms with E-state index in [0.717, 1.165) is 64.2 Å². The monoisotopic (exact) mass is 750 g/mol. The largest absolute Gasteiger partial charge is 0.394 e. The zero-order chi connectivity index (χ0) is 39.3. The first-order valence-electron chi connectivity index (χ1n) is 22.8. The number of nitrogens with one attached hydrogen (secondary N) is 1. The van der Waals surface area contributed by atoms with Gasteiger partial charge in [0.15, 0.2) is 0 Å². The highest BCUT2D eigenvalue weighted by Gasteiger charge is 2.17. The molecule has 0 spiro atoms. The zero-order valence-electron chi connectivity index (χ0n) is 35.5. The van der Waals surface area contributed by atoms with Crippen molar-refractivity contribution < 1.29 is 15.0 Å². The molecule has 4 nitrogen and oxygen atoms in total. The van der Waals surface area contributed by atoms with Crippen LogP contribution in [0.1, 0.15) is 206 Å². The number of allylic oxidation sites excluding steroid dienone is 13. The predicted octanol–water partition coefficient (Wildman–Crippen LogP) is 14.5. The van der Waals surface area contributed by atoms with Gasteiger partial charge in [-0.3, -0.25) is 4.79 Å². The van der Waals surface area contributed by atoms with E-state index in [4.69, 9.17) is 0 Å². The Hall–Kier alpha value is -2.43. The first-order valence-corrected chi connectivity index (χ1v) is 22.8. The Balaban J connectivity index is 3.68. The number of hydrogen-bond acceptors (Lipinski definition) is 3. The van der Waals surface area contributed by atoms with E-state index in [1.165, 1.54) is 122 Å². The molecule has 0 saturated carbocycles. The summed E-state index contributed by atoms with van der Waals surface area (Å²) in [5.41, 5.74) is 0.